The summed E-state index contributed by atoms with van der Waals surface area (Å²) in [5.74, 6) is -0.476. The molecule has 0 spiro atoms. The van der Waals surface area contributed by atoms with Crippen LogP contribution in [0.25, 0.3) is 0 Å². The second-order valence-corrected chi connectivity index (χ2v) is 6.75. The summed E-state index contributed by atoms with van der Waals surface area (Å²) in [6.45, 7) is 6.16. The van der Waals surface area contributed by atoms with Gasteiger partial charge in [-0.1, -0.05) is 45.1 Å². The van der Waals surface area contributed by atoms with Crippen LogP contribution in [0.4, 0.5) is 4.39 Å². The highest BCUT2D eigenvalue weighted by Gasteiger charge is 2.31. The highest BCUT2D eigenvalue weighted by molar-refractivity contribution is 5.81. The molecule has 3 atom stereocenters. The Kier molecular flexibility index (Phi) is 4.47. The van der Waals surface area contributed by atoms with E-state index in [0.717, 1.165) is 5.56 Å². The van der Waals surface area contributed by atoms with E-state index in [2.05, 4.69) is 26.1 Å². The first-order valence-electron chi connectivity index (χ1n) is 7.27. The molecule has 0 fully saturated rings. The summed E-state index contributed by atoms with van der Waals surface area (Å²) in [5, 5.41) is 3.09. The average Bonchev–Trinajstić information content (AvgIpc) is 2.82. The Morgan fingerprint density at radius 2 is 1.90 bits per heavy atom. The summed E-state index contributed by atoms with van der Waals surface area (Å²) in [5.41, 5.74) is 6.54. The molecule has 114 valence electrons. The molecule has 3 N–H and O–H groups in total. The van der Waals surface area contributed by atoms with Gasteiger partial charge >= 0.3 is 0 Å². The molecular weight excluding hydrogens is 267 g/mol. The van der Waals surface area contributed by atoms with Gasteiger partial charge in [0.2, 0.25) is 5.91 Å². The number of hydrogen-bond acceptors (Lipinski definition) is 2. The fraction of sp³-hybridized carbons (Fsp3) is 0.471. The van der Waals surface area contributed by atoms with Crippen LogP contribution in [-0.4, -0.2) is 11.9 Å². The van der Waals surface area contributed by atoms with Crippen molar-refractivity contribution in [2.45, 2.75) is 39.3 Å². The van der Waals surface area contributed by atoms with E-state index in [1.54, 1.807) is 12.1 Å². The van der Waals surface area contributed by atoms with Crippen LogP contribution in [0.15, 0.2) is 36.4 Å². The molecule has 0 saturated heterocycles. The van der Waals surface area contributed by atoms with Gasteiger partial charge in [0, 0.05) is 6.04 Å². The van der Waals surface area contributed by atoms with Crippen molar-refractivity contribution in [1.29, 1.82) is 0 Å². The molecule has 3 unspecified atom stereocenters. The molecule has 1 aliphatic rings. The Morgan fingerprint density at radius 3 is 2.38 bits per heavy atom. The van der Waals surface area contributed by atoms with Gasteiger partial charge in [0.1, 0.15) is 5.82 Å². The highest BCUT2D eigenvalue weighted by Crippen LogP contribution is 2.33. The number of rotatable bonds is 3. The number of nitrogens with one attached hydrogen (secondary N) is 1. The van der Waals surface area contributed by atoms with Gasteiger partial charge in [-0.3, -0.25) is 4.79 Å². The Hall–Kier alpha value is -1.68. The topological polar surface area (TPSA) is 55.1 Å². The first-order valence-corrected chi connectivity index (χ1v) is 7.27. The van der Waals surface area contributed by atoms with Crippen molar-refractivity contribution in [3.05, 3.63) is 47.8 Å². The monoisotopic (exact) mass is 290 g/mol. The standard InChI is InChI=1S/C17H23FN2O/c1-17(2,3)15(11-4-7-13(18)8-5-11)20-16(21)12-6-9-14(19)10-12/h4-9,12,14-15H,10,19H2,1-3H3,(H,20,21). The first kappa shape index (κ1) is 15.7. The second kappa shape index (κ2) is 5.98. The second-order valence-electron chi connectivity index (χ2n) is 6.75. The van der Waals surface area contributed by atoms with E-state index in [0.29, 0.717) is 6.42 Å². The number of carbonyl (C=O) groups is 1. The van der Waals surface area contributed by atoms with E-state index in [1.807, 2.05) is 12.2 Å². The summed E-state index contributed by atoms with van der Waals surface area (Å²) in [6.07, 6.45) is 4.38. The predicted octanol–water partition coefficient (Wildman–Crippen LogP) is 2.93. The molecule has 1 aliphatic carbocycles. The summed E-state index contributed by atoms with van der Waals surface area (Å²) < 4.78 is 13.1. The number of amides is 1. The van der Waals surface area contributed by atoms with Crippen LogP contribution in [0.2, 0.25) is 0 Å². The lowest BCUT2D eigenvalue weighted by molar-refractivity contribution is -0.125. The maximum absolute atomic E-state index is 13.1. The molecule has 0 aliphatic heterocycles. The van der Waals surface area contributed by atoms with E-state index in [1.165, 1.54) is 12.1 Å². The van der Waals surface area contributed by atoms with Crippen molar-refractivity contribution in [1.82, 2.24) is 5.32 Å². The van der Waals surface area contributed by atoms with E-state index in [4.69, 9.17) is 5.73 Å². The first-order chi connectivity index (χ1) is 9.77. The number of carbonyl (C=O) groups excluding carboxylic acids is 1. The third kappa shape index (κ3) is 3.91. The van der Waals surface area contributed by atoms with Crippen LogP contribution < -0.4 is 11.1 Å². The van der Waals surface area contributed by atoms with Crippen LogP contribution in [0.3, 0.4) is 0 Å². The van der Waals surface area contributed by atoms with Crippen LogP contribution in [0.1, 0.15) is 38.8 Å². The van der Waals surface area contributed by atoms with Crippen molar-refractivity contribution in [2.24, 2.45) is 17.1 Å². The van der Waals surface area contributed by atoms with Crippen molar-refractivity contribution >= 4 is 5.91 Å². The molecule has 1 aromatic carbocycles. The largest absolute Gasteiger partial charge is 0.348 e. The fourth-order valence-electron chi connectivity index (χ4n) is 2.63. The van der Waals surface area contributed by atoms with Gasteiger partial charge in [0.25, 0.3) is 0 Å². The maximum Gasteiger partial charge on any atom is 0.227 e. The van der Waals surface area contributed by atoms with Crippen LogP contribution in [0, 0.1) is 17.2 Å². The molecule has 3 nitrogen and oxygen atoms in total. The van der Waals surface area contributed by atoms with Crippen LogP contribution in [-0.2, 0) is 4.79 Å². The number of halogens is 1. The molecule has 0 aromatic heterocycles. The minimum atomic E-state index is -0.276. The number of benzene rings is 1. The smallest absolute Gasteiger partial charge is 0.227 e. The van der Waals surface area contributed by atoms with Gasteiger partial charge < -0.3 is 11.1 Å². The molecule has 0 bridgehead atoms. The summed E-state index contributed by atoms with van der Waals surface area (Å²) in [4.78, 5) is 12.4. The van der Waals surface area contributed by atoms with Gasteiger partial charge in [0.05, 0.1) is 12.0 Å². The van der Waals surface area contributed by atoms with Gasteiger partial charge in [-0.2, -0.15) is 0 Å². The van der Waals surface area contributed by atoms with Crippen molar-refractivity contribution in [2.75, 3.05) is 0 Å². The molecule has 0 heterocycles. The molecule has 0 saturated carbocycles. The molecule has 2 rings (SSSR count). The third-order valence-corrected chi connectivity index (χ3v) is 3.81. The molecule has 1 aromatic rings. The van der Waals surface area contributed by atoms with Crippen molar-refractivity contribution in [3.8, 4) is 0 Å². The quantitative estimate of drug-likeness (QED) is 0.841. The summed E-state index contributed by atoms with van der Waals surface area (Å²) in [7, 11) is 0. The number of nitrogens with two attached hydrogens (primary N) is 1. The fourth-order valence-corrected chi connectivity index (χ4v) is 2.63. The lowest BCUT2D eigenvalue weighted by atomic mass is 9.82. The van der Waals surface area contributed by atoms with E-state index >= 15 is 0 Å². The van der Waals surface area contributed by atoms with E-state index < -0.39 is 0 Å². The molecule has 4 heteroatoms. The van der Waals surface area contributed by atoms with Gasteiger partial charge in [0.15, 0.2) is 0 Å². The Morgan fingerprint density at radius 1 is 1.29 bits per heavy atom. The SMILES string of the molecule is CC(C)(C)C(NC(=O)C1C=CC(N)C1)c1ccc(F)cc1. The summed E-state index contributed by atoms with van der Waals surface area (Å²) in [6, 6.07) is 6.08. The molecule has 1 amide bonds. The molecular formula is C17H23FN2O. The Labute approximate surface area is 125 Å². The lowest BCUT2D eigenvalue weighted by Crippen LogP contribution is -2.39. The normalized spacial score (nSPS) is 23.1. The van der Waals surface area contributed by atoms with Gasteiger partial charge in [-0.05, 0) is 29.5 Å². The maximum atomic E-state index is 13.1. The summed E-state index contributed by atoms with van der Waals surface area (Å²) >= 11 is 0. The molecule has 21 heavy (non-hydrogen) atoms. The van der Waals surface area contributed by atoms with E-state index in [-0.39, 0.29) is 35.1 Å². The zero-order valence-corrected chi connectivity index (χ0v) is 12.8. The molecule has 0 radical (unpaired) electrons. The van der Waals surface area contributed by atoms with Gasteiger partial charge in [-0.25, -0.2) is 4.39 Å². The zero-order chi connectivity index (χ0) is 15.6. The average molecular weight is 290 g/mol. The third-order valence-electron chi connectivity index (χ3n) is 3.81. The zero-order valence-electron chi connectivity index (χ0n) is 12.8. The Balaban J connectivity index is 2.16. The van der Waals surface area contributed by atoms with Crippen LogP contribution in [0.5, 0.6) is 0 Å². The lowest BCUT2D eigenvalue weighted by Gasteiger charge is -2.32. The highest BCUT2D eigenvalue weighted by atomic mass is 19.1. The minimum absolute atomic E-state index is 0.0246. The minimum Gasteiger partial charge on any atom is -0.348 e. The van der Waals surface area contributed by atoms with Crippen molar-refractivity contribution in [3.63, 3.8) is 0 Å². The van der Waals surface area contributed by atoms with Crippen molar-refractivity contribution < 1.29 is 9.18 Å². The number of hydrogen-bond donors (Lipinski definition) is 2. The van der Waals surface area contributed by atoms with Crippen LogP contribution >= 0.6 is 0 Å². The van der Waals surface area contributed by atoms with E-state index in [9.17, 15) is 9.18 Å². The Bertz CT molecular complexity index is 531. The van der Waals surface area contributed by atoms with Gasteiger partial charge in [-0.15, -0.1) is 0 Å². The predicted molar refractivity (Wildman–Crippen MR) is 82.0 cm³/mol.